The van der Waals surface area contributed by atoms with Crippen LogP contribution in [-0.4, -0.2) is 33.1 Å². The lowest BCUT2D eigenvalue weighted by Gasteiger charge is -2.11. The van der Waals surface area contributed by atoms with Crippen LogP contribution in [0.4, 0.5) is 11.5 Å². The van der Waals surface area contributed by atoms with E-state index in [0.717, 1.165) is 5.56 Å². The Balaban J connectivity index is 1.64. The molecule has 9 heteroatoms. The number of aryl methyl sites for hydroxylation is 1. The van der Waals surface area contributed by atoms with Crippen molar-refractivity contribution in [2.45, 2.75) is 6.92 Å². The zero-order chi connectivity index (χ0) is 21.1. The van der Waals surface area contributed by atoms with E-state index in [2.05, 4.69) is 25.4 Å². The maximum absolute atomic E-state index is 13.0. The molecule has 0 aliphatic heterocycles. The van der Waals surface area contributed by atoms with E-state index >= 15 is 0 Å². The summed E-state index contributed by atoms with van der Waals surface area (Å²) in [5.41, 5.74) is 8.62. The van der Waals surface area contributed by atoms with Gasteiger partial charge in [0.2, 0.25) is 5.88 Å². The van der Waals surface area contributed by atoms with Gasteiger partial charge in [-0.2, -0.15) is 0 Å². The van der Waals surface area contributed by atoms with E-state index in [9.17, 15) is 4.79 Å². The average molecular weight is 402 g/mol. The van der Waals surface area contributed by atoms with Crippen LogP contribution in [0.15, 0.2) is 59.4 Å². The first kappa shape index (κ1) is 19.1. The van der Waals surface area contributed by atoms with Crippen LogP contribution in [0.1, 0.15) is 16.1 Å². The Hall–Kier alpha value is -4.27. The van der Waals surface area contributed by atoms with Crippen LogP contribution in [0.25, 0.3) is 22.6 Å². The highest BCUT2D eigenvalue weighted by atomic mass is 16.5. The molecule has 9 nitrogen and oxygen atoms in total. The van der Waals surface area contributed by atoms with Crippen LogP contribution >= 0.6 is 0 Å². The zero-order valence-corrected chi connectivity index (χ0v) is 16.3. The van der Waals surface area contributed by atoms with Crippen LogP contribution in [0.3, 0.4) is 0 Å². The summed E-state index contributed by atoms with van der Waals surface area (Å²) < 4.78 is 10.6. The molecule has 3 aromatic heterocycles. The molecule has 0 aliphatic rings. The molecular weight excluding hydrogens is 384 g/mol. The fourth-order valence-corrected chi connectivity index (χ4v) is 2.92. The Bertz CT molecular complexity index is 1190. The fraction of sp³-hybridized carbons (Fsp3) is 0.0952. The van der Waals surface area contributed by atoms with Crippen molar-refractivity contribution in [1.29, 1.82) is 0 Å². The Kier molecular flexibility index (Phi) is 5.08. The Morgan fingerprint density at radius 1 is 1.07 bits per heavy atom. The van der Waals surface area contributed by atoms with Crippen molar-refractivity contribution in [2.24, 2.45) is 0 Å². The first-order valence-electron chi connectivity index (χ1n) is 9.03. The molecule has 150 valence electrons. The Morgan fingerprint density at radius 2 is 1.87 bits per heavy atom. The number of pyridine rings is 1. The number of ether oxygens (including phenoxy) is 1. The van der Waals surface area contributed by atoms with E-state index in [0.29, 0.717) is 39.9 Å². The molecule has 0 atom stereocenters. The molecule has 0 radical (unpaired) electrons. The predicted molar refractivity (Wildman–Crippen MR) is 111 cm³/mol. The second-order valence-electron chi connectivity index (χ2n) is 6.36. The predicted octanol–water partition coefficient (Wildman–Crippen LogP) is 3.35. The number of nitrogen functional groups attached to an aromatic ring is 1. The highest BCUT2D eigenvalue weighted by Gasteiger charge is 2.23. The molecule has 0 aliphatic carbocycles. The van der Waals surface area contributed by atoms with Gasteiger partial charge in [-0.1, -0.05) is 35.5 Å². The van der Waals surface area contributed by atoms with E-state index < -0.39 is 0 Å². The zero-order valence-electron chi connectivity index (χ0n) is 16.3. The van der Waals surface area contributed by atoms with Gasteiger partial charge in [-0.15, -0.1) is 0 Å². The average Bonchev–Trinajstić information content (AvgIpc) is 3.16. The number of hydrogen-bond donors (Lipinski definition) is 2. The number of hydrogen-bond acceptors (Lipinski definition) is 8. The molecule has 4 rings (SSSR count). The minimum absolute atomic E-state index is 0.231. The molecule has 3 heterocycles. The summed E-state index contributed by atoms with van der Waals surface area (Å²) in [5.74, 6) is 0.572. The Morgan fingerprint density at radius 3 is 2.57 bits per heavy atom. The monoisotopic (exact) mass is 402 g/mol. The van der Waals surface area contributed by atoms with Crippen molar-refractivity contribution >= 4 is 17.4 Å². The third kappa shape index (κ3) is 3.68. The van der Waals surface area contributed by atoms with Crippen molar-refractivity contribution in [2.75, 3.05) is 18.2 Å². The number of rotatable bonds is 5. The van der Waals surface area contributed by atoms with Gasteiger partial charge in [-0.05, 0) is 19.1 Å². The van der Waals surface area contributed by atoms with E-state index in [4.69, 9.17) is 15.0 Å². The van der Waals surface area contributed by atoms with Gasteiger partial charge in [0.25, 0.3) is 5.91 Å². The van der Waals surface area contributed by atoms with Gasteiger partial charge in [0, 0.05) is 5.56 Å². The maximum Gasteiger partial charge on any atom is 0.261 e. The summed E-state index contributed by atoms with van der Waals surface area (Å²) >= 11 is 0. The number of anilines is 2. The second-order valence-corrected chi connectivity index (χ2v) is 6.36. The number of nitrogens with zero attached hydrogens (tertiary/aromatic N) is 4. The number of aromatic nitrogens is 4. The highest BCUT2D eigenvalue weighted by Crippen LogP contribution is 2.29. The smallest absolute Gasteiger partial charge is 0.261 e. The molecule has 4 aromatic rings. The lowest BCUT2D eigenvalue weighted by molar-refractivity contribution is 0.102. The summed E-state index contributed by atoms with van der Waals surface area (Å²) in [5, 5.41) is 6.86. The van der Waals surface area contributed by atoms with Crippen molar-refractivity contribution < 1.29 is 14.1 Å². The van der Waals surface area contributed by atoms with Gasteiger partial charge >= 0.3 is 0 Å². The number of carbonyl (C=O) groups excluding carboxylic acids is 1. The number of carbonyl (C=O) groups is 1. The van der Waals surface area contributed by atoms with E-state index in [1.54, 1.807) is 19.1 Å². The fourth-order valence-electron chi connectivity index (χ4n) is 2.92. The Labute approximate surface area is 171 Å². The standard InChI is InChI=1S/C21H18N6O3/c1-12-18(19(27-30-12)13-6-4-3-5-7-13)20(28)25-15-9-8-14(26-21(15)29-2)16-10-24-17(22)11-23-16/h3-11H,1-2H3,(H2,22,24)(H,25,28). The molecule has 0 saturated heterocycles. The SMILES string of the molecule is COc1nc(-c2cnc(N)cn2)ccc1NC(=O)c1c(-c2ccccc2)noc1C. The molecule has 0 bridgehead atoms. The third-order valence-corrected chi connectivity index (χ3v) is 4.37. The largest absolute Gasteiger partial charge is 0.479 e. The summed E-state index contributed by atoms with van der Waals surface area (Å²) in [4.78, 5) is 25.6. The van der Waals surface area contributed by atoms with Gasteiger partial charge in [-0.3, -0.25) is 4.79 Å². The minimum atomic E-state index is -0.382. The van der Waals surface area contributed by atoms with Crippen molar-refractivity contribution in [3.8, 4) is 28.5 Å². The van der Waals surface area contributed by atoms with Gasteiger partial charge in [-0.25, -0.2) is 15.0 Å². The van der Waals surface area contributed by atoms with Crippen LogP contribution in [0, 0.1) is 6.92 Å². The normalized spacial score (nSPS) is 10.6. The number of methoxy groups -OCH3 is 1. The second kappa shape index (κ2) is 8.00. The van der Waals surface area contributed by atoms with Crippen molar-refractivity contribution in [3.63, 3.8) is 0 Å². The molecular formula is C21H18N6O3. The van der Waals surface area contributed by atoms with Crippen molar-refractivity contribution in [3.05, 3.63) is 66.2 Å². The summed E-state index contributed by atoms with van der Waals surface area (Å²) in [7, 11) is 1.47. The number of amides is 1. The third-order valence-electron chi connectivity index (χ3n) is 4.37. The first-order valence-corrected chi connectivity index (χ1v) is 9.03. The summed E-state index contributed by atoms with van der Waals surface area (Å²) in [6.45, 7) is 1.69. The lowest BCUT2D eigenvalue weighted by Crippen LogP contribution is -2.14. The van der Waals surface area contributed by atoms with Gasteiger partial charge < -0.3 is 20.3 Å². The molecule has 3 N–H and O–H groups in total. The summed E-state index contributed by atoms with van der Waals surface area (Å²) in [6, 6.07) is 12.7. The van der Waals surface area contributed by atoms with Crippen LogP contribution < -0.4 is 15.8 Å². The van der Waals surface area contributed by atoms with Crippen LogP contribution in [-0.2, 0) is 0 Å². The van der Waals surface area contributed by atoms with Gasteiger partial charge in [0.15, 0.2) is 0 Å². The quantitative estimate of drug-likeness (QED) is 0.520. The topological polar surface area (TPSA) is 129 Å². The number of nitrogens with two attached hydrogens (primary N) is 1. The van der Waals surface area contributed by atoms with Crippen LogP contribution in [0.2, 0.25) is 0 Å². The first-order chi connectivity index (χ1) is 14.6. The van der Waals surface area contributed by atoms with Crippen LogP contribution in [0.5, 0.6) is 5.88 Å². The molecule has 0 spiro atoms. The molecule has 1 amide bonds. The molecule has 30 heavy (non-hydrogen) atoms. The molecule has 0 saturated carbocycles. The number of benzene rings is 1. The maximum atomic E-state index is 13.0. The van der Waals surface area contributed by atoms with Crippen molar-refractivity contribution in [1.82, 2.24) is 20.1 Å². The molecule has 1 aromatic carbocycles. The minimum Gasteiger partial charge on any atom is -0.479 e. The van der Waals surface area contributed by atoms with E-state index in [1.807, 2.05) is 30.3 Å². The van der Waals surface area contributed by atoms with E-state index in [1.165, 1.54) is 19.5 Å². The molecule has 0 fully saturated rings. The summed E-state index contributed by atoms with van der Waals surface area (Å²) in [6.07, 6.45) is 2.96. The van der Waals surface area contributed by atoms with E-state index in [-0.39, 0.29) is 11.8 Å². The lowest BCUT2D eigenvalue weighted by atomic mass is 10.1. The molecule has 0 unspecified atom stereocenters. The highest BCUT2D eigenvalue weighted by molar-refractivity contribution is 6.09. The van der Waals surface area contributed by atoms with Gasteiger partial charge in [0.05, 0.1) is 25.2 Å². The van der Waals surface area contributed by atoms with Gasteiger partial charge in [0.1, 0.15) is 34.2 Å². The number of nitrogens with one attached hydrogen (secondary N) is 1.